The first kappa shape index (κ1) is 16.1. The quantitative estimate of drug-likeness (QED) is 0.935. The number of hydrogen-bond acceptors (Lipinski definition) is 3. The van der Waals surface area contributed by atoms with E-state index in [4.69, 9.17) is 5.11 Å². The molecule has 1 fully saturated rings. The van der Waals surface area contributed by atoms with Gasteiger partial charge < -0.3 is 5.11 Å². The monoisotopic (exact) mass is 335 g/mol. The summed E-state index contributed by atoms with van der Waals surface area (Å²) in [5.74, 6) is -0.333. The first-order valence-electron chi connectivity index (χ1n) is 7.49. The Kier molecular flexibility index (Phi) is 4.48. The molecule has 122 valence electrons. The topological polar surface area (TPSA) is 57.6 Å². The van der Waals surface area contributed by atoms with Crippen LogP contribution in [0.15, 0.2) is 53.4 Å². The van der Waals surface area contributed by atoms with Gasteiger partial charge in [-0.1, -0.05) is 24.3 Å². The number of sulfonamides is 1. The first-order chi connectivity index (χ1) is 11.0. The number of benzene rings is 2. The van der Waals surface area contributed by atoms with Gasteiger partial charge in [0.15, 0.2) is 0 Å². The van der Waals surface area contributed by atoms with Crippen LogP contribution in [0.1, 0.15) is 30.0 Å². The summed E-state index contributed by atoms with van der Waals surface area (Å²) in [7, 11) is -3.61. The highest BCUT2D eigenvalue weighted by molar-refractivity contribution is 7.89. The van der Waals surface area contributed by atoms with Crippen LogP contribution in [0.3, 0.4) is 0 Å². The fraction of sp³-hybridized carbons (Fsp3) is 0.294. The van der Waals surface area contributed by atoms with Gasteiger partial charge >= 0.3 is 0 Å². The molecule has 0 bridgehead atoms. The molecule has 1 saturated heterocycles. The molecule has 0 aliphatic carbocycles. The van der Waals surface area contributed by atoms with Crippen molar-refractivity contribution in [1.82, 2.24) is 4.31 Å². The molecule has 1 aliphatic rings. The van der Waals surface area contributed by atoms with Crippen LogP contribution in [0.2, 0.25) is 0 Å². The van der Waals surface area contributed by atoms with Gasteiger partial charge in [-0.2, -0.15) is 4.31 Å². The second-order valence-corrected chi connectivity index (χ2v) is 7.52. The van der Waals surface area contributed by atoms with Crippen molar-refractivity contribution in [2.75, 3.05) is 6.54 Å². The molecule has 2 aromatic rings. The Hall–Kier alpha value is -1.76. The predicted molar refractivity (Wildman–Crippen MR) is 84.6 cm³/mol. The summed E-state index contributed by atoms with van der Waals surface area (Å²) in [6, 6.07) is 12.0. The summed E-state index contributed by atoms with van der Waals surface area (Å²) in [4.78, 5) is 0.212. The van der Waals surface area contributed by atoms with Gasteiger partial charge in [-0.25, -0.2) is 12.8 Å². The second-order valence-electron chi connectivity index (χ2n) is 5.63. The van der Waals surface area contributed by atoms with Gasteiger partial charge in [-0.3, -0.25) is 0 Å². The zero-order valence-electron chi connectivity index (χ0n) is 12.5. The van der Waals surface area contributed by atoms with Crippen LogP contribution in [0.4, 0.5) is 4.39 Å². The average Bonchev–Trinajstić information content (AvgIpc) is 3.06. The Labute approximate surface area is 135 Å². The lowest BCUT2D eigenvalue weighted by atomic mass is 10.1. The molecule has 1 heterocycles. The minimum Gasteiger partial charge on any atom is -0.392 e. The van der Waals surface area contributed by atoms with E-state index in [1.807, 2.05) is 0 Å². The highest BCUT2D eigenvalue weighted by Gasteiger charge is 2.36. The van der Waals surface area contributed by atoms with Gasteiger partial charge in [0.1, 0.15) is 5.82 Å². The molecule has 3 rings (SSSR count). The summed E-state index contributed by atoms with van der Waals surface area (Å²) < 4.78 is 40.3. The van der Waals surface area contributed by atoms with Crippen LogP contribution < -0.4 is 0 Å². The van der Waals surface area contributed by atoms with Gasteiger partial charge in [0.2, 0.25) is 10.0 Å². The lowest BCUT2D eigenvalue weighted by Gasteiger charge is -2.24. The lowest BCUT2D eigenvalue weighted by molar-refractivity contribution is 0.281. The van der Waals surface area contributed by atoms with E-state index < -0.39 is 10.0 Å². The van der Waals surface area contributed by atoms with E-state index in [1.165, 1.54) is 28.6 Å². The molecule has 1 aliphatic heterocycles. The maximum Gasteiger partial charge on any atom is 0.243 e. The van der Waals surface area contributed by atoms with Crippen molar-refractivity contribution in [2.45, 2.75) is 30.4 Å². The first-order valence-corrected chi connectivity index (χ1v) is 8.93. The second kappa shape index (κ2) is 6.39. The Morgan fingerprint density at radius 1 is 1.09 bits per heavy atom. The number of hydrogen-bond donors (Lipinski definition) is 1. The van der Waals surface area contributed by atoms with Crippen LogP contribution in [0.5, 0.6) is 0 Å². The highest BCUT2D eigenvalue weighted by atomic mass is 32.2. The highest BCUT2D eigenvalue weighted by Crippen LogP contribution is 2.36. The predicted octanol–water partition coefficient (Wildman–Crippen LogP) is 2.84. The van der Waals surface area contributed by atoms with Gasteiger partial charge in [-0.05, 0) is 48.2 Å². The van der Waals surface area contributed by atoms with E-state index >= 15 is 0 Å². The molecular formula is C17H18FNO3S. The molecule has 0 spiro atoms. The fourth-order valence-corrected chi connectivity index (χ4v) is 4.63. The Balaban J connectivity index is 1.92. The minimum absolute atomic E-state index is 0.123. The largest absolute Gasteiger partial charge is 0.392 e. The van der Waals surface area contributed by atoms with E-state index in [1.54, 1.807) is 24.3 Å². The zero-order valence-corrected chi connectivity index (χ0v) is 13.3. The molecule has 0 aromatic heterocycles. The molecule has 1 N–H and O–H groups in total. The summed E-state index contributed by atoms with van der Waals surface area (Å²) in [5, 5.41) is 9.07. The van der Waals surface area contributed by atoms with Crippen molar-refractivity contribution < 1.29 is 17.9 Å². The lowest BCUT2D eigenvalue weighted by Crippen LogP contribution is -2.30. The van der Waals surface area contributed by atoms with Crippen molar-refractivity contribution in [3.63, 3.8) is 0 Å². The number of halogens is 1. The Morgan fingerprint density at radius 3 is 2.35 bits per heavy atom. The van der Waals surface area contributed by atoms with Gasteiger partial charge in [0, 0.05) is 6.54 Å². The van der Waals surface area contributed by atoms with E-state index in [-0.39, 0.29) is 23.4 Å². The Bertz CT molecular complexity index is 772. The zero-order chi connectivity index (χ0) is 16.4. The summed E-state index contributed by atoms with van der Waals surface area (Å²) in [6.07, 6.45) is 1.50. The van der Waals surface area contributed by atoms with Crippen molar-refractivity contribution in [3.8, 4) is 0 Å². The molecule has 0 radical (unpaired) electrons. The van der Waals surface area contributed by atoms with Crippen molar-refractivity contribution in [3.05, 3.63) is 65.5 Å². The van der Waals surface area contributed by atoms with Gasteiger partial charge in [0.05, 0.1) is 17.5 Å². The minimum atomic E-state index is -3.61. The normalized spacial score (nSPS) is 19.1. The Morgan fingerprint density at radius 2 is 1.74 bits per heavy atom. The SMILES string of the molecule is O=S(=O)(c1ccc(CO)cc1)N1CCCC1c1ccc(F)cc1. The molecule has 1 unspecified atom stereocenters. The van der Waals surface area contributed by atoms with Crippen molar-refractivity contribution in [1.29, 1.82) is 0 Å². The molecule has 2 aromatic carbocycles. The molecule has 6 heteroatoms. The third-order valence-electron chi connectivity index (χ3n) is 4.17. The number of aliphatic hydroxyl groups excluding tert-OH is 1. The van der Waals surface area contributed by atoms with Crippen LogP contribution in [0.25, 0.3) is 0 Å². The molecule has 4 nitrogen and oxygen atoms in total. The van der Waals surface area contributed by atoms with Crippen molar-refractivity contribution >= 4 is 10.0 Å². The summed E-state index contributed by atoms with van der Waals surface area (Å²) >= 11 is 0. The van der Waals surface area contributed by atoms with Crippen LogP contribution >= 0.6 is 0 Å². The van der Waals surface area contributed by atoms with E-state index in [9.17, 15) is 12.8 Å². The summed E-state index contributed by atoms with van der Waals surface area (Å²) in [6.45, 7) is 0.328. The van der Waals surface area contributed by atoms with Gasteiger partial charge in [-0.15, -0.1) is 0 Å². The molecule has 0 saturated carbocycles. The van der Waals surface area contributed by atoms with E-state index in [2.05, 4.69) is 0 Å². The molecule has 23 heavy (non-hydrogen) atoms. The van der Waals surface area contributed by atoms with Crippen LogP contribution in [-0.2, 0) is 16.6 Å². The van der Waals surface area contributed by atoms with Crippen molar-refractivity contribution in [2.24, 2.45) is 0 Å². The number of nitrogens with zero attached hydrogens (tertiary/aromatic N) is 1. The van der Waals surface area contributed by atoms with Crippen LogP contribution in [-0.4, -0.2) is 24.4 Å². The standard InChI is InChI=1S/C17H18FNO3S/c18-15-7-5-14(6-8-15)17-2-1-11-19(17)23(21,22)16-9-3-13(12-20)4-10-16/h3-10,17,20H,1-2,11-12H2. The third-order valence-corrected chi connectivity index (χ3v) is 6.09. The maximum absolute atomic E-state index is 13.1. The molecule has 1 atom stereocenters. The van der Waals surface area contributed by atoms with Gasteiger partial charge in [0.25, 0.3) is 0 Å². The number of aliphatic hydroxyl groups is 1. The smallest absolute Gasteiger partial charge is 0.243 e. The third kappa shape index (κ3) is 3.15. The maximum atomic E-state index is 13.1. The number of rotatable bonds is 4. The summed E-state index contributed by atoms with van der Waals surface area (Å²) in [5.41, 5.74) is 1.47. The van der Waals surface area contributed by atoms with E-state index in [0.717, 1.165) is 18.4 Å². The molecular weight excluding hydrogens is 317 g/mol. The fourth-order valence-electron chi connectivity index (χ4n) is 2.95. The average molecular weight is 335 g/mol. The molecule has 0 amide bonds. The van der Waals surface area contributed by atoms with Crippen LogP contribution in [0, 0.1) is 5.82 Å². The van der Waals surface area contributed by atoms with E-state index in [0.29, 0.717) is 12.1 Å².